The molecule has 0 radical (unpaired) electrons. The normalized spacial score (nSPS) is 10.2. The van der Waals surface area contributed by atoms with Crippen LogP contribution in [0.1, 0.15) is 5.56 Å². The first-order valence-corrected chi connectivity index (χ1v) is 4.96. The number of nitrogens with one attached hydrogen (secondary N) is 1. The summed E-state index contributed by atoms with van der Waals surface area (Å²) in [5, 5.41) is 2.92. The van der Waals surface area contributed by atoms with E-state index in [1.54, 1.807) is 13.1 Å². The largest absolute Gasteiger partial charge is 0.373 e. The van der Waals surface area contributed by atoms with Crippen LogP contribution in [0.15, 0.2) is 30.6 Å². The van der Waals surface area contributed by atoms with Crippen LogP contribution in [0.25, 0.3) is 11.3 Å². The van der Waals surface area contributed by atoms with Crippen LogP contribution < -0.4 is 5.32 Å². The highest BCUT2D eigenvalue weighted by atomic mass is 19.1. The fourth-order valence-corrected chi connectivity index (χ4v) is 1.54. The van der Waals surface area contributed by atoms with Crippen LogP contribution in [0.2, 0.25) is 0 Å². The molecule has 1 N–H and O–H groups in total. The first-order valence-electron chi connectivity index (χ1n) is 4.96. The molecule has 0 spiro atoms. The van der Waals surface area contributed by atoms with Crippen LogP contribution in [0.4, 0.5) is 10.2 Å². The van der Waals surface area contributed by atoms with Crippen molar-refractivity contribution in [1.29, 1.82) is 0 Å². The lowest BCUT2D eigenvalue weighted by Gasteiger charge is -2.04. The van der Waals surface area contributed by atoms with Gasteiger partial charge < -0.3 is 5.32 Å². The van der Waals surface area contributed by atoms with Crippen molar-refractivity contribution in [3.8, 4) is 11.3 Å². The Balaban J connectivity index is 2.49. The number of benzene rings is 1. The molecule has 2 rings (SSSR count). The summed E-state index contributed by atoms with van der Waals surface area (Å²) < 4.78 is 13.2. The van der Waals surface area contributed by atoms with Gasteiger partial charge in [-0.3, -0.25) is 0 Å². The van der Waals surface area contributed by atoms with E-state index in [9.17, 15) is 4.39 Å². The van der Waals surface area contributed by atoms with Gasteiger partial charge in [-0.25, -0.2) is 14.4 Å². The van der Waals surface area contributed by atoms with Gasteiger partial charge in [0, 0.05) is 18.7 Å². The number of nitrogens with zero attached hydrogens (tertiary/aromatic N) is 2. The highest BCUT2D eigenvalue weighted by molar-refractivity contribution is 5.62. The van der Waals surface area contributed by atoms with Crippen LogP contribution in [0, 0.1) is 12.7 Å². The predicted molar refractivity (Wildman–Crippen MR) is 61.7 cm³/mol. The van der Waals surface area contributed by atoms with Crippen LogP contribution in [0.5, 0.6) is 0 Å². The van der Waals surface area contributed by atoms with Crippen molar-refractivity contribution >= 4 is 5.82 Å². The highest BCUT2D eigenvalue weighted by Gasteiger charge is 2.03. The molecule has 0 fully saturated rings. The number of hydrogen-bond acceptors (Lipinski definition) is 3. The Kier molecular flexibility index (Phi) is 2.81. The van der Waals surface area contributed by atoms with Crippen LogP contribution in [-0.2, 0) is 0 Å². The molecule has 1 heterocycles. The molecule has 0 aliphatic carbocycles. The van der Waals surface area contributed by atoms with E-state index in [1.165, 1.54) is 18.5 Å². The van der Waals surface area contributed by atoms with Crippen molar-refractivity contribution in [2.24, 2.45) is 0 Å². The minimum Gasteiger partial charge on any atom is -0.373 e. The Labute approximate surface area is 93.4 Å². The first-order chi connectivity index (χ1) is 7.69. The Morgan fingerprint density at radius 2 is 1.94 bits per heavy atom. The molecule has 0 saturated heterocycles. The van der Waals surface area contributed by atoms with E-state index in [0.29, 0.717) is 11.5 Å². The third kappa shape index (κ3) is 2.16. The van der Waals surface area contributed by atoms with Gasteiger partial charge in [0.2, 0.25) is 0 Å². The number of hydrogen-bond donors (Lipinski definition) is 1. The van der Waals surface area contributed by atoms with Crippen molar-refractivity contribution in [3.63, 3.8) is 0 Å². The summed E-state index contributed by atoms with van der Waals surface area (Å²) in [7, 11) is 1.78. The Morgan fingerprint density at radius 3 is 2.62 bits per heavy atom. The number of anilines is 1. The molecule has 82 valence electrons. The number of rotatable bonds is 2. The molecular formula is C12H12FN3. The highest BCUT2D eigenvalue weighted by Crippen LogP contribution is 2.21. The van der Waals surface area contributed by atoms with Gasteiger partial charge in [0.15, 0.2) is 0 Å². The fraction of sp³-hybridized carbons (Fsp3) is 0.167. The lowest BCUT2D eigenvalue weighted by atomic mass is 10.1. The summed E-state index contributed by atoms with van der Waals surface area (Å²) in [6, 6.07) is 6.64. The van der Waals surface area contributed by atoms with E-state index in [1.807, 2.05) is 13.0 Å². The van der Waals surface area contributed by atoms with Crippen molar-refractivity contribution in [1.82, 2.24) is 9.97 Å². The zero-order chi connectivity index (χ0) is 11.5. The number of aromatic nitrogens is 2. The summed E-state index contributed by atoms with van der Waals surface area (Å²) in [5.41, 5.74) is 2.35. The van der Waals surface area contributed by atoms with Gasteiger partial charge >= 0.3 is 0 Å². The summed E-state index contributed by atoms with van der Waals surface area (Å²) in [6.07, 6.45) is 1.46. The maximum atomic E-state index is 13.2. The third-order valence-corrected chi connectivity index (χ3v) is 2.26. The zero-order valence-electron chi connectivity index (χ0n) is 9.16. The average molecular weight is 217 g/mol. The second-order valence-electron chi connectivity index (χ2n) is 3.56. The van der Waals surface area contributed by atoms with Gasteiger partial charge in [-0.2, -0.15) is 0 Å². The first kappa shape index (κ1) is 10.5. The summed E-state index contributed by atoms with van der Waals surface area (Å²) in [4.78, 5) is 8.13. The standard InChI is InChI=1S/C12H12FN3/c1-8-3-9(5-10(13)4-8)11-6-12(14-2)16-7-15-11/h3-7H,1-2H3,(H,14,15,16). The molecule has 0 unspecified atom stereocenters. The second kappa shape index (κ2) is 4.26. The van der Waals surface area contributed by atoms with Gasteiger partial charge in [0.1, 0.15) is 18.0 Å². The van der Waals surface area contributed by atoms with E-state index in [0.717, 1.165) is 11.1 Å². The molecule has 1 aromatic heterocycles. The molecule has 0 atom stereocenters. The van der Waals surface area contributed by atoms with E-state index < -0.39 is 0 Å². The van der Waals surface area contributed by atoms with Gasteiger partial charge in [0.25, 0.3) is 0 Å². The van der Waals surface area contributed by atoms with E-state index in [4.69, 9.17) is 0 Å². The lowest BCUT2D eigenvalue weighted by molar-refractivity contribution is 0.627. The minimum absolute atomic E-state index is 0.250. The smallest absolute Gasteiger partial charge is 0.129 e. The van der Waals surface area contributed by atoms with Crippen LogP contribution >= 0.6 is 0 Å². The topological polar surface area (TPSA) is 37.8 Å². The van der Waals surface area contributed by atoms with Crippen molar-refractivity contribution in [3.05, 3.63) is 42.0 Å². The molecule has 0 bridgehead atoms. The SMILES string of the molecule is CNc1cc(-c2cc(C)cc(F)c2)ncn1. The second-order valence-corrected chi connectivity index (χ2v) is 3.56. The minimum atomic E-state index is -0.250. The van der Waals surface area contributed by atoms with Gasteiger partial charge in [-0.15, -0.1) is 0 Å². The Morgan fingerprint density at radius 1 is 1.12 bits per heavy atom. The molecule has 3 nitrogen and oxygen atoms in total. The maximum absolute atomic E-state index is 13.2. The average Bonchev–Trinajstić information content (AvgIpc) is 2.28. The van der Waals surface area contributed by atoms with Crippen LogP contribution in [0.3, 0.4) is 0 Å². The number of aryl methyl sites for hydroxylation is 1. The molecule has 0 aliphatic rings. The van der Waals surface area contributed by atoms with Crippen molar-refractivity contribution in [2.45, 2.75) is 6.92 Å². The van der Waals surface area contributed by atoms with E-state index in [2.05, 4.69) is 15.3 Å². The zero-order valence-corrected chi connectivity index (χ0v) is 9.16. The Bertz CT molecular complexity index is 491. The predicted octanol–water partition coefficient (Wildman–Crippen LogP) is 2.63. The number of halogens is 1. The van der Waals surface area contributed by atoms with Gasteiger partial charge in [-0.05, 0) is 30.7 Å². The van der Waals surface area contributed by atoms with Gasteiger partial charge in [-0.1, -0.05) is 0 Å². The summed E-state index contributed by atoms with van der Waals surface area (Å²) in [5.74, 6) is 0.464. The maximum Gasteiger partial charge on any atom is 0.129 e. The quantitative estimate of drug-likeness (QED) is 0.840. The van der Waals surface area contributed by atoms with Gasteiger partial charge in [0.05, 0.1) is 5.69 Å². The van der Waals surface area contributed by atoms with Crippen molar-refractivity contribution < 1.29 is 4.39 Å². The Hall–Kier alpha value is -1.97. The molecule has 4 heteroatoms. The molecule has 1 aromatic carbocycles. The molecule has 2 aromatic rings. The summed E-state index contributed by atoms with van der Waals surface area (Å²) >= 11 is 0. The molecule has 0 aliphatic heterocycles. The third-order valence-electron chi connectivity index (χ3n) is 2.26. The van der Waals surface area contributed by atoms with Crippen LogP contribution in [-0.4, -0.2) is 17.0 Å². The molecule has 16 heavy (non-hydrogen) atoms. The lowest BCUT2D eigenvalue weighted by Crippen LogP contribution is -1.94. The summed E-state index contributed by atoms with van der Waals surface area (Å²) in [6.45, 7) is 1.85. The van der Waals surface area contributed by atoms with Crippen molar-refractivity contribution in [2.75, 3.05) is 12.4 Å². The molecular weight excluding hydrogens is 205 g/mol. The van der Waals surface area contributed by atoms with E-state index in [-0.39, 0.29) is 5.82 Å². The fourth-order valence-electron chi connectivity index (χ4n) is 1.54. The van der Waals surface area contributed by atoms with E-state index >= 15 is 0 Å². The molecule has 0 saturated carbocycles. The monoisotopic (exact) mass is 217 g/mol. The molecule has 0 amide bonds.